The van der Waals surface area contributed by atoms with Crippen molar-refractivity contribution in [1.82, 2.24) is 9.80 Å². The van der Waals surface area contributed by atoms with Gasteiger partial charge in [0.2, 0.25) is 0 Å². The molecule has 0 aliphatic carbocycles. The van der Waals surface area contributed by atoms with E-state index in [4.69, 9.17) is 0 Å². The molecule has 2 fully saturated rings. The lowest BCUT2D eigenvalue weighted by Crippen LogP contribution is -2.40. The topological polar surface area (TPSA) is 6.48 Å². The molecular formula is C14H21BrN2S. The van der Waals surface area contributed by atoms with Crippen LogP contribution in [0.3, 0.4) is 0 Å². The van der Waals surface area contributed by atoms with Crippen molar-refractivity contribution in [2.24, 2.45) is 0 Å². The Morgan fingerprint density at radius 2 is 2.06 bits per heavy atom. The Bertz CT molecular complexity index is 387. The molecule has 0 aromatic carbocycles. The van der Waals surface area contributed by atoms with E-state index in [0.29, 0.717) is 0 Å². The number of rotatable bonds is 3. The summed E-state index contributed by atoms with van der Waals surface area (Å²) in [6.45, 7) is 6.36. The molecule has 2 aliphatic rings. The molecule has 2 aliphatic heterocycles. The van der Waals surface area contributed by atoms with E-state index in [0.717, 1.165) is 12.6 Å². The fourth-order valence-corrected chi connectivity index (χ4v) is 4.69. The summed E-state index contributed by atoms with van der Waals surface area (Å²) < 4.78 is 1.23. The van der Waals surface area contributed by atoms with E-state index < -0.39 is 0 Å². The van der Waals surface area contributed by atoms with Gasteiger partial charge in [0.25, 0.3) is 0 Å². The Balaban J connectivity index is 1.51. The molecule has 4 heteroatoms. The minimum absolute atomic E-state index is 0.828. The van der Waals surface area contributed by atoms with Crippen LogP contribution in [0.2, 0.25) is 0 Å². The molecule has 1 aromatic rings. The first-order chi connectivity index (χ1) is 8.81. The van der Waals surface area contributed by atoms with Crippen LogP contribution in [-0.2, 0) is 6.54 Å². The zero-order chi connectivity index (χ0) is 12.4. The molecule has 0 amide bonds. The molecule has 1 unspecified atom stereocenters. The molecule has 100 valence electrons. The highest BCUT2D eigenvalue weighted by Gasteiger charge is 2.28. The summed E-state index contributed by atoms with van der Waals surface area (Å²) in [7, 11) is 0. The summed E-state index contributed by atoms with van der Waals surface area (Å²) >= 11 is 5.41. The second-order valence-electron chi connectivity index (χ2n) is 5.51. The van der Waals surface area contributed by atoms with E-state index in [9.17, 15) is 0 Å². The maximum absolute atomic E-state index is 3.54. The van der Waals surface area contributed by atoms with Gasteiger partial charge in [0.15, 0.2) is 0 Å². The Morgan fingerprint density at radius 3 is 2.78 bits per heavy atom. The summed E-state index contributed by atoms with van der Waals surface area (Å²) in [6, 6.07) is 3.09. The quantitative estimate of drug-likeness (QED) is 0.836. The average Bonchev–Trinajstić information content (AvgIpc) is 3.01. The van der Waals surface area contributed by atoms with Crippen LogP contribution in [0.1, 0.15) is 30.6 Å². The molecular weight excluding hydrogens is 308 g/mol. The third-order valence-corrected chi connectivity index (χ3v) is 5.84. The predicted octanol–water partition coefficient (Wildman–Crippen LogP) is 3.57. The van der Waals surface area contributed by atoms with E-state index in [2.05, 4.69) is 37.2 Å². The van der Waals surface area contributed by atoms with E-state index in [1.807, 2.05) is 11.3 Å². The first-order valence-corrected chi connectivity index (χ1v) is 8.68. The second kappa shape index (κ2) is 6.04. The van der Waals surface area contributed by atoms with Crippen LogP contribution < -0.4 is 0 Å². The lowest BCUT2D eigenvalue weighted by Gasteiger charge is -2.32. The highest BCUT2D eigenvalue weighted by atomic mass is 79.9. The van der Waals surface area contributed by atoms with E-state index in [1.165, 1.54) is 61.2 Å². The number of likely N-dealkylation sites (tertiary alicyclic amines) is 2. The average molecular weight is 329 g/mol. The minimum Gasteiger partial charge on any atom is -0.299 e. The number of halogens is 1. The van der Waals surface area contributed by atoms with Gasteiger partial charge < -0.3 is 0 Å². The van der Waals surface area contributed by atoms with Crippen molar-refractivity contribution in [1.29, 1.82) is 0 Å². The van der Waals surface area contributed by atoms with Gasteiger partial charge in [0, 0.05) is 40.4 Å². The fraction of sp³-hybridized carbons (Fsp3) is 0.714. The van der Waals surface area contributed by atoms with Gasteiger partial charge in [-0.25, -0.2) is 0 Å². The van der Waals surface area contributed by atoms with Crippen LogP contribution >= 0.6 is 27.3 Å². The third kappa shape index (κ3) is 3.16. The summed E-state index contributed by atoms with van der Waals surface area (Å²) in [4.78, 5) is 6.84. The van der Waals surface area contributed by atoms with Crippen molar-refractivity contribution in [2.45, 2.75) is 38.3 Å². The predicted molar refractivity (Wildman–Crippen MR) is 81.1 cm³/mol. The number of piperidine rings is 1. The van der Waals surface area contributed by atoms with E-state index >= 15 is 0 Å². The Labute approximate surface area is 122 Å². The van der Waals surface area contributed by atoms with Crippen molar-refractivity contribution >= 4 is 27.3 Å². The van der Waals surface area contributed by atoms with Crippen LogP contribution in [-0.4, -0.2) is 42.0 Å². The standard InChI is InChI=1S/C14H21BrN2S/c15-12-8-14(18-11-12)10-16-7-4-13(9-16)17-5-2-1-3-6-17/h8,11,13H,1-7,9-10H2. The van der Waals surface area contributed by atoms with Crippen LogP contribution in [0.15, 0.2) is 15.9 Å². The van der Waals surface area contributed by atoms with Crippen LogP contribution in [0.4, 0.5) is 0 Å². The molecule has 2 saturated heterocycles. The van der Waals surface area contributed by atoms with Crippen molar-refractivity contribution in [3.63, 3.8) is 0 Å². The van der Waals surface area contributed by atoms with Gasteiger partial charge in [0.1, 0.15) is 0 Å². The second-order valence-corrected chi connectivity index (χ2v) is 7.42. The summed E-state index contributed by atoms with van der Waals surface area (Å²) in [5.74, 6) is 0. The molecule has 0 N–H and O–H groups in total. The molecule has 2 nitrogen and oxygen atoms in total. The first-order valence-electron chi connectivity index (χ1n) is 7.00. The summed E-state index contributed by atoms with van der Waals surface area (Å²) in [5, 5.41) is 2.19. The van der Waals surface area contributed by atoms with Crippen LogP contribution in [0.5, 0.6) is 0 Å². The van der Waals surface area contributed by atoms with Crippen molar-refractivity contribution in [2.75, 3.05) is 26.2 Å². The lowest BCUT2D eigenvalue weighted by molar-refractivity contribution is 0.161. The molecule has 0 saturated carbocycles. The number of hydrogen-bond acceptors (Lipinski definition) is 3. The van der Waals surface area contributed by atoms with Gasteiger partial charge >= 0.3 is 0 Å². The lowest BCUT2D eigenvalue weighted by atomic mass is 10.1. The molecule has 1 aromatic heterocycles. The van der Waals surface area contributed by atoms with Gasteiger partial charge in [-0.15, -0.1) is 11.3 Å². The zero-order valence-electron chi connectivity index (χ0n) is 10.8. The van der Waals surface area contributed by atoms with Gasteiger partial charge in [0.05, 0.1) is 0 Å². The molecule has 3 heterocycles. The SMILES string of the molecule is Brc1csc(CN2CCC(N3CCCCC3)C2)c1. The minimum atomic E-state index is 0.828. The van der Waals surface area contributed by atoms with E-state index in [-0.39, 0.29) is 0 Å². The van der Waals surface area contributed by atoms with Crippen molar-refractivity contribution in [3.8, 4) is 0 Å². The van der Waals surface area contributed by atoms with Gasteiger partial charge in [-0.05, 0) is 54.3 Å². The Morgan fingerprint density at radius 1 is 1.22 bits per heavy atom. The van der Waals surface area contributed by atoms with Gasteiger partial charge in [-0.3, -0.25) is 9.80 Å². The van der Waals surface area contributed by atoms with Crippen LogP contribution in [0.25, 0.3) is 0 Å². The Hall–Kier alpha value is 0.1000. The smallest absolute Gasteiger partial charge is 0.0328 e. The fourth-order valence-electron chi connectivity index (χ4n) is 3.19. The summed E-state index contributed by atoms with van der Waals surface area (Å²) in [5.41, 5.74) is 0. The maximum Gasteiger partial charge on any atom is 0.0328 e. The van der Waals surface area contributed by atoms with E-state index in [1.54, 1.807) is 0 Å². The normalized spacial score (nSPS) is 26.8. The monoisotopic (exact) mass is 328 g/mol. The highest BCUT2D eigenvalue weighted by molar-refractivity contribution is 9.10. The maximum atomic E-state index is 3.54. The van der Waals surface area contributed by atoms with Crippen molar-refractivity contribution < 1.29 is 0 Å². The highest BCUT2D eigenvalue weighted by Crippen LogP contribution is 2.25. The number of thiophene rings is 1. The van der Waals surface area contributed by atoms with Gasteiger partial charge in [-0.1, -0.05) is 6.42 Å². The molecule has 3 rings (SSSR count). The first kappa shape index (κ1) is 13.1. The molecule has 0 spiro atoms. The largest absolute Gasteiger partial charge is 0.299 e. The zero-order valence-corrected chi connectivity index (χ0v) is 13.2. The third-order valence-electron chi connectivity index (χ3n) is 4.16. The Kier molecular flexibility index (Phi) is 4.39. The van der Waals surface area contributed by atoms with Crippen LogP contribution in [0, 0.1) is 0 Å². The van der Waals surface area contributed by atoms with Gasteiger partial charge in [-0.2, -0.15) is 0 Å². The molecule has 1 atom stereocenters. The summed E-state index contributed by atoms with van der Waals surface area (Å²) in [6.07, 6.45) is 5.63. The van der Waals surface area contributed by atoms with Crippen molar-refractivity contribution in [3.05, 3.63) is 20.8 Å². The number of hydrogen-bond donors (Lipinski definition) is 0. The molecule has 0 bridgehead atoms. The molecule has 18 heavy (non-hydrogen) atoms. The molecule has 0 radical (unpaired) electrons. The number of nitrogens with zero attached hydrogens (tertiary/aromatic N) is 2.